The first-order valence-corrected chi connectivity index (χ1v) is 8.07. The fourth-order valence-corrected chi connectivity index (χ4v) is 3.79. The van der Waals surface area contributed by atoms with Gasteiger partial charge in [0.2, 0.25) is 11.8 Å². The number of amides is 2. The van der Waals surface area contributed by atoms with E-state index in [1.807, 2.05) is 5.38 Å². The third kappa shape index (κ3) is 2.22. The van der Waals surface area contributed by atoms with E-state index in [1.165, 1.54) is 0 Å². The number of aromatic nitrogens is 1. The summed E-state index contributed by atoms with van der Waals surface area (Å²) in [6.45, 7) is 2.37. The summed E-state index contributed by atoms with van der Waals surface area (Å²) in [6.07, 6.45) is 4.29. The molecule has 20 heavy (non-hydrogen) atoms. The van der Waals surface area contributed by atoms with Gasteiger partial charge in [0.05, 0.1) is 11.2 Å². The molecule has 1 atom stereocenters. The molecule has 2 aliphatic rings. The fraction of sp³-hybridized carbons (Fsp3) is 0.643. The maximum absolute atomic E-state index is 12.8. The van der Waals surface area contributed by atoms with Crippen LogP contribution in [0.2, 0.25) is 0 Å². The third-order valence-electron chi connectivity index (χ3n) is 4.43. The molecule has 1 saturated carbocycles. The lowest BCUT2D eigenvalue weighted by Crippen LogP contribution is -2.68. The van der Waals surface area contributed by atoms with Crippen molar-refractivity contribution in [1.29, 1.82) is 0 Å². The van der Waals surface area contributed by atoms with Gasteiger partial charge in [-0.2, -0.15) is 0 Å². The molecule has 0 bridgehead atoms. The zero-order valence-electron chi connectivity index (χ0n) is 11.6. The molecule has 0 radical (unpaired) electrons. The highest BCUT2D eigenvalue weighted by Crippen LogP contribution is 2.34. The Hall–Kier alpha value is -1.43. The van der Waals surface area contributed by atoms with Crippen molar-refractivity contribution in [3.8, 4) is 0 Å². The number of nitrogens with zero attached hydrogens (tertiary/aromatic N) is 2. The molecule has 6 heteroatoms. The molecule has 2 amide bonds. The highest BCUT2D eigenvalue weighted by Gasteiger charge is 2.50. The van der Waals surface area contributed by atoms with Gasteiger partial charge in [0.15, 0.2) is 0 Å². The maximum Gasteiger partial charge on any atom is 0.249 e. The van der Waals surface area contributed by atoms with E-state index < -0.39 is 5.54 Å². The van der Waals surface area contributed by atoms with E-state index in [9.17, 15) is 9.59 Å². The van der Waals surface area contributed by atoms with Gasteiger partial charge in [0.1, 0.15) is 11.6 Å². The van der Waals surface area contributed by atoms with Crippen LogP contribution in [0.15, 0.2) is 10.9 Å². The predicted octanol–water partition coefficient (Wildman–Crippen LogP) is 1.35. The SMILES string of the molecule is CC1C(=O)NC2(CCCC2)C(=O)N1CCc1cscn1. The summed E-state index contributed by atoms with van der Waals surface area (Å²) in [6, 6.07) is -0.382. The zero-order valence-corrected chi connectivity index (χ0v) is 12.4. The Morgan fingerprint density at radius 3 is 2.85 bits per heavy atom. The van der Waals surface area contributed by atoms with Crippen LogP contribution in [0.1, 0.15) is 38.3 Å². The van der Waals surface area contributed by atoms with Crippen LogP contribution >= 0.6 is 11.3 Å². The molecule has 5 nitrogen and oxygen atoms in total. The van der Waals surface area contributed by atoms with E-state index in [1.54, 1.807) is 28.7 Å². The van der Waals surface area contributed by atoms with Crippen LogP contribution in [-0.4, -0.2) is 39.8 Å². The normalized spacial score (nSPS) is 25.2. The number of carbonyl (C=O) groups is 2. The molecule has 2 fully saturated rings. The third-order valence-corrected chi connectivity index (χ3v) is 5.06. The summed E-state index contributed by atoms with van der Waals surface area (Å²) in [5.74, 6) is 0.0714. The van der Waals surface area contributed by atoms with E-state index in [-0.39, 0.29) is 17.9 Å². The molecular formula is C14H19N3O2S. The van der Waals surface area contributed by atoms with Gasteiger partial charge in [-0.1, -0.05) is 12.8 Å². The van der Waals surface area contributed by atoms with Crippen LogP contribution in [0.3, 0.4) is 0 Å². The summed E-state index contributed by atoms with van der Waals surface area (Å²) >= 11 is 1.55. The molecule has 1 N–H and O–H groups in total. The molecule has 1 saturated heterocycles. The average molecular weight is 293 g/mol. The Morgan fingerprint density at radius 2 is 2.20 bits per heavy atom. The van der Waals surface area contributed by atoms with Crippen molar-refractivity contribution in [2.45, 2.75) is 50.6 Å². The Bertz CT molecular complexity index is 508. The minimum Gasteiger partial charge on any atom is -0.340 e. The molecule has 1 unspecified atom stereocenters. The summed E-state index contributed by atoms with van der Waals surface area (Å²) in [4.78, 5) is 30.9. The smallest absolute Gasteiger partial charge is 0.249 e. The van der Waals surface area contributed by atoms with Crippen LogP contribution in [-0.2, 0) is 16.0 Å². The maximum atomic E-state index is 12.8. The number of carbonyl (C=O) groups excluding carboxylic acids is 2. The monoisotopic (exact) mass is 293 g/mol. The highest BCUT2D eigenvalue weighted by molar-refractivity contribution is 7.07. The fourth-order valence-electron chi connectivity index (χ4n) is 3.19. The van der Waals surface area contributed by atoms with E-state index in [2.05, 4.69) is 10.3 Å². The molecular weight excluding hydrogens is 274 g/mol. The lowest BCUT2D eigenvalue weighted by molar-refractivity contribution is -0.154. The lowest BCUT2D eigenvalue weighted by atomic mass is 9.91. The van der Waals surface area contributed by atoms with Crippen LogP contribution in [0, 0.1) is 0 Å². The van der Waals surface area contributed by atoms with E-state index in [0.717, 1.165) is 31.4 Å². The first-order valence-electron chi connectivity index (χ1n) is 7.12. The summed E-state index contributed by atoms with van der Waals surface area (Å²) in [7, 11) is 0. The first kappa shape index (κ1) is 13.5. The molecule has 1 aromatic rings. The van der Waals surface area contributed by atoms with Crippen molar-refractivity contribution in [2.75, 3.05) is 6.54 Å². The van der Waals surface area contributed by atoms with Gasteiger partial charge in [0, 0.05) is 18.3 Å². The Balaban J connectivity index is 1.76. The Kier molecular flexibility index (Phi) is 3.50. The molecule has 0 aromatic carbocycles. The molecule has 1 aromatic heterocycles. The first-order chi connectivity index (χ1) is 9.62. The zero-order chi connectivity index (χ0) is 14.2. The van der Waals surface area contributed by atoms with Gasteiger partial charge in [-0.05, 0) is 19.8 Å². The quantitative estimate of drug-likeness (QED) is 0.915. The Labute approximate surface area is 122 Å². The molecule has 1 spiro atoms. The van der Waals surface area contributed by atoms with Crippen LogP contribution in [0.25, 0.3) is 0 Å². The number of hydrogen-bond donors (Lipinski definition) is 1. The van der Waals surface area contributed by atoms with Crippen molar-refractivity contribution in [3.05, 3.63) is 16.6 Å². The average Bonchev–Trinajstić information content (AvgIpc) is 3.09. The standard InChI is InChI=1S/C14H19N3O2S/c1-10-12(18)16-14(5-2-3-6-14)13(19)17(10)7-4-11-8-20-9-15-11/h8-10H,2-7H2,1H3,(H,16,18). The summed E-state index contributed by atoms with van der Waals surface area (Å²) < 4.78 is 0. The van der Waals surface area contributed by atoms with E-state index in [0.29, 0.717) is 13.0 Å². The van der Waals surface area contributed by atoms with Crippen molar-refractivity contribution in [3.63, 3.8) is 0 Å². The number of piperazine rings is 1. The van der Waals surface area contributed by atoms with Gasteiger partial charge in [0.25, 0.3) is 0 Å². The van der Waals surface area contributed by atoms with Gasteiger partial charge < -0.3 is 10.2 Å². The van der Waals surface area contributed by atoms with Gasteiger partial charge in [-0.25, -0.2) is 4.98 Å². The molecule has 2 heterocycles. The van der Waals surface area contributed by atoms with E-state index >= 15 is 0 Å². The summed E-state index contributed by atoms with van der Waals surface area (Å²) in [5, 5.41) is 4.96. The lowest BCUT2D eigenvalue weighted by Gasteiger charge is -2.43. The number of hydrogen-bond acceptors (Lipinski definition) is 4. The van der Waals surface area contributed by atoms with Gasteiger partial charge >= 0.3 is 0 Å². The molecule has 1 aliphatic carbocycles. The predicted molar refractivity (Wildman–Crippen MR) is 76.3 cm³/mol. The van der Waals surface area contributed by atoms with E-state index in [4.69, 9.17) is 0 Å². The molecule has 1 aliphatic heterocycles. The largest absolute Gasteiger partial charge is 0.340 e. The minimum absolute atomic E-state index is 0.0234. The van der Waals surface area contributed by atoms with Gasteiger partial charge in [-0.3, -0.25) is 9.59 Å². The minimum atomic E-state index is -0.619. The van der Waals surface area contributed by atoms with Crippen LogP contribution in [0.5, 0.6) is 0 Å². The number of thiazole rings is 1. The topological polar surface area (TPSA) is 62.3 Å². The molecule has 3 rings (SSSR count). The Morgan fingerprint density at radius 1 is 1.45 bits per heavy atom. The van der Waals surface area contributed by atoms with Crippen LogP contribution in [0.4, 0.5) is 0 Å². The number of nitrogens with one attached hydrogen (secondary N) is 1. The second-order valence-electron chi connectivity index (χ2n) is 5.68. The van der Waals surface area contributed by atoms with Crippen molar-refractivity contribution < 1.29 is 9.59 Å². The second-order valence-corrected chi connectivity index (χ2v) is 6.40. The van der Waals surface area contributed by atoms with Gasteiger partial charge in [-0.15, -0.1) is 11.3 Å². The van der Waals surface area contributed by atoms with Crippen molar-refractivity contribution in [1.82, 2.24) is 15.2 Å². The second kappa shape index (κ2) is 5.16. The number of rotatable bonds is 3. The summed E-state index contributed by atoms with van der Waals surface area (Å²) in [5.41, 5.74) is 2.16. The van der Waals surface area contributed by atoms with Crippen LogP contribution < -0.4 is 5.32 Å². The highest BCUT2D eigenvalue weighted by atomic mass is 32.1. The van der Waals surface area contributed by atoms with Crippen molar-refractivity contribution >= 4 is 23.2 Å². The van der Waals surface area contributed by atoms with Crippen molar-refractivity contribution in [2.24, 2.45) is 0 Å². The molecule has 108 valence electrons.